The van der Waals surface area contributed by atoms with Crippen LogP contribution in [-0.4, -0.2) is 89.4 Å². The van der Waals surface area contributed by atoms with E-state index in [1.165, 1.54) is 29.5 Å². The number of fused-ring (bicyclic) bond motifs is 1. The number of amidine groups is 1. The third-order valence-corrected chi connectivity index (χ3v) is 11.0. The van der Waals surface area contributed by atoms with Crippen molar-refractivity contribution in [2.24, 2.45) is 10.9 Å². The van der Waals surface area contributed by atoms with Crippen molar-refractivity contribution < 1.29 is 31.1 Å². The van der Waals surface area contributed by atoms with Gasteiger partial charge in [-0.1, -0.05) is 17.7 Å². The fraction of sp³-hybridized carbons (Fsp3) is 0.467. The van der Waals surface area contributed by atoms with Crippen LogP contribution < -0.4 is 4.72 Å². The van der Waals surface area contributed by atoms with Crippen LogP contribution in [0.1, 0.15) is 55.0 Å². The molecular formula is C30H33ClF3N7O4S2. The van der Waals surface area contributed by atoms with E-state index >= 15 is 0 Å². The summed E-state index contributed by atoms with van der Waals surface area (Å²) in [6.45, 7) is 0.924. The maximum Gasteiger partial charge on any atom is 0.333 e. The molecule has 2 atom stereocenters. The van der Waals surface area contributed by atoms with Crippen LogP contribution in [0.5, 0.6) is 0 Å². The maximum absolute atomic E-state index is 14.1. The minimum Gasteiger partial charge on any atom is -0.466 e. The molecule has 0 saturated carbocycles. The zero-order valence-electron chi connectivity index (χ0n) is 25.4. The Balaban J connectivity index is 1.27. The van der Waals surface area contributed by atoms with Gasteiger partial charge in [-0.05, 0) is 51.1 Å². The van der Waals surface area contributed by atoms with E-state index in [2.05, 4.69) is 14.8 Å². The fourth-order valence-corrected chi connectivity index (χ4v) is 8.44. The highest BCUT2D eigenvalue weighted by Crippen LogP contribution is 2.46. The van der Waals surface area contributed by atoms with E-state index in [-0.39, 0.29) is 41.3 Å². The van der Waals surface area contributed by atoms with E-state index in [4.69, 9.17) is 21.3 Å². The Bertz CT molecular complexity index is 1780. The Morgan fingerprint density at radius 3 is 2.68 bits per heavy atom. The topological polar surface area (TPSA) is 122 Å². The van der Waals surface area contributed by atoms with Crippen LogP contribution in [0.2, 0.25) is 5.02 Å². The molecule has 17 heteroatoms. The first-order valence-corrected chi connectivity index (χ1v) is 18.1. The zero-order valence-corrected chi connectivity index (χ0v) is 27.7. The summed E-state index contributed by atoms with van der Waals surface area (Å²) in [4.78, 5) is 25.3. The van der Waals surface area contributed by atoms with Crippen LogP contribution in [0.3, 0.4) is 0 Å². The number of carbonyl (C=O) groups is 1. The predicted molar refractivity (Wildman–Crippen MR) is 171 cm³/mol. The highest BCUT2D eigenvalue weighted by Gasteiger charge is 2.42. The Kier molecular flexibility index (Phi) is 10.0. The number of nitrogens with one attached hydrogen (secondary N) is 1. The number of piperidine rings is 1. The SMILES string of the molecule is CCOC(=O)C1CCN(CCS(=O)(=O)N[C@H]2CC3=C(c4ccn(C(F)F)n4)[C@H](c4ccc(F)cc4Cl)N=C(c4nccs4)N3C2)CC1. The molecule has 6 rings (SSSR count). The molecule has 1 N–H and O–H groups in total. The van der Waals surface area contributed by atoms with Gasteiger partial charge in [-0.3, -0.25) is 9.79 Å². The second-order valence-electron chi connectivity index (χ2n) is 11.5. The molecule has 5 heterocycles. The first-order valence-electron chi connectivity index (χ1n) is 15.2. The van der Waals surface area contributed by atoms with Gasteiger partial charge in [-0.15, -0.1) is 11.3 Å². The number of alkyl halides is 2. The first kappa shape index (κ1) is 33.6. The number of likely N-dealkylation sites (tertiary alicyclic amines) is 1. The molecule has 3 aromatic rings. The number of hydrogen-bond acceptors (Lipinski definition) is 10. The molecule has 3 aliphatic heterocycles. The average molecular weight is 712 g/mol. The number of nitrogens with zero attached hydrogens (tertiary/aromatic N) is 6. The van der Waals surface area contributed by atoms with Crippen LogP contribution in [0.4, 0.5) is 13.2 Å². The fourth-order valence-electron chi connectivity index (χ4n) is 6.25. The molecule has 3 aliphatic rings. The van der Waals surface area contributed by atoms with Crippen molar-refractivity contribution >= 4 is 50.3 Å². The van der Waals surface area contributed by atoms with Crippen molar-refractivity contribution in [1.82, 2.24) is 29.3 Å². The molecule has 0 aliphatic carbocycles. The average Bonchev–Trinajstić information content (AvgIpc) is 3.81. The Labute approximate surface area is 279 Å². The van der Waals surface area contributed by atoms with Gasteiger partial charge in [0.15, 0.2) is 10.8 Å². The second-order valence-corrected chi connectivity index (χ2v) is 14.7. The molecule has 2 aromatic heterocycles. The summed E-state index contributed by atoms with van der Waals surface area (Å²) < 4.78 is 76.5. The minimum atomic E-state index is -3.75. The van der Waals surface area contributed by atoms with Crippen LogP contribution in [0.15, 0.2) is 52.7 Å². The van der Waals surface area contributed by atoms with Gasteiger partial charge in [0.05, 0.1) is 24.0 Å². The summed E-state index contributed by atoms with van der Waals surface area (Å²) in [5.74, 6) is -0.606. The number of sulfonamides is 1. The highest BCUT2D eigenvalue weighted by molar-refractivity contribution is 7.89. The number of aliphatic imine (C=N–C) groups is 1. The Morgan fingerprint density at radius 1 is 1.23 bits per heavy atom. The molecule has 11 nitrogen and oxygen atoms in total. The van der Waals surface area contributed by atoms with E-state index < -0.39 is 34.5 Å². The smallest absolute Gasteiger partial charge is 0.333 e. The minimum absolute atomic E-state index is 0.0959. The normalized spacial score (nSPS) is 21.0. The van der Waals surface area contributed by atoms with Crippen LogP contribution in [0.25, 0.3) is 5.57 Å². The van der Waals surface area contributed by atoms with Crippen LogP contribution in [0, 0.1) is 11.7 Å². The zero-order chi connectivity index (χ0) is 33.3. The summed E-state index contributed by atoms with van der Waals surface area (Å²) in [7, 11) is -3.75. The lowest BCUT2D eigenvalue weighted by molar-refractivity contribution is -0.149. The highest BCUT2D eigenvalue weighted by atomic mass is 35.5. The summed E-state index contributed by atoms with van der Waals surface area (Å²) in [6, 6.07) is 3.91. The van der Waals surface area contributed by atoms with E-state index in [1.54, 1.807) is 18.5 Å². The molecule has 252 valence electrons. The van der Waals surface area contributed by atoms with Crippen LogP contribution >= 0.6 is 22.9 Å². The van der Waals surface area contributed by atoms with Gasteiger partial charge >= 0.3 is 12.5 Å². The summed E-state index contributed by atoms with van der Waals surface area (Å²) in [5.41, 5.74) is 1.74. The quantitative estimate of drug-likeness (QED) is 0.284. The van der Waals surface area contributed by atoms with Gasteiger partial charge in [0.2, 0.25) is 10.0 Å². The monoisotopic (exact) mass is 711 g/mol. The number of carbonyl (C=O) groups excluding carboxylic acids is 1. The van der Waals surface area contributed by atoms with Crippen molar-refractivity contribution in [2.75, 3.05) is 38.5 Å². The van der Waals surface area contributed by atoms with Gasteiger partial charge < -0.3 is 14.5 Å². The van der Waals surface area contributed by atoms with Crippen molar-refractivity contribution in [2.45, 2.75) is 44.8 Å². The molecule has 47 heavy (non-hydrogen) atoms. The first-order chi connectivity index (χ1) is 22.5. The Morgan fingerprint density at radius 2 is 2.02 bits per heavy atom. The summed E-state index contributed by atoms with van der Waals surface area (Å²) in [6.07, 6.45) is 4.21. The van der Waals surface area contributed by atoms with E-state index in [0.717, 1.165) is 12.3 Å². The largest absolute Gasteiger partial charge is 0.466 e. The summed E-state index contributed by atoms with van der Waals surface area (Å²) >= 11 is 7.86. The third kappa shape index (κ3) is 7.41. The number of hydrogen-bond donors (Lipinski definition) is 1. The van der Waals surface area contributed by atoms with Gasteiger partial charge in [-0.25, -0.2) is 27.2 Å². The molecule has 2 fully saturated rings. The number of ether oxygens (including phenoxy) is 1. The number of halogens is 4. The number of rotatable bonds is 11. The second kappa shape index (κ2) is 14.0. The van der Waals surface area contributed by atoms with Crippen molar-refractivity contribution in [1.29, 1.82) is 0 Å². The molecule has 1 aromatic carbocycles. The van der Waals surface area contributed by atoms with Crippen LogP contribution in [-0.2, 0) is 19.6 Å². The predicted octanol–water partition coefficient (Wildman–Crippen LogP) is 4.71. The molecular weight excluding hydrogens is 679 g/mol. The van der Waals surface area contributed by atoms with Crippen molar-refractivity contribution in [3.8, 4) is 0 Å². The third-order valence-electron chi connectivity index (χ3n) is 8.45. The van der Waals surface area contributed by atoms with Gasteiger partial charge in [0.25, 0.3) is 0 Å². The van der Waals surface area contributed by atoms with Gasteiger partial charge in [-0.2, -0.15) is 13.9 Å². The lowest BCUT2D eigenvalue weighted by Gasteiger charge is -2.32. The molecule has 2 saturated heterocycles. The standard InChI is InChI=1S/C30H33ClF3N7O4S2/c1-2-45-29(42)18-5-9-39(10-6-18)12-14-47(43,44)38-20-16-24-25(23-7-11-41(37-23)30(33)34)26(21-4-3-19(32)15-22(21)31)36-27(40(24)17-20)28-35-8-13-46-28/h3-4,7-8,11,13,15,18,20,26,30,38H,2,5-6,9-10,12,14,16-17H2,1H3/t20-,26-/m0/s1. The number of esters is 1. The van der Waals surface area contributed by atoms with E-state index in [1.807, 2.05) is 9.80 Å². The Hall–Kier alpha value is -3.31. The lowest BCUT2D eigenvalue weighted by Crippen LogP contribution is -2.44. The van der Waals surface area contributed by atoms with Gasteiger partial charge in [0.1, 0.15) is 11.9 Å². The molecule has 0 amide bonds. The lowest BCUT2D eigenvalue weighted by atomic mass is 9.92. The number of thiazole rings is 1. The molecule has 0 unspecified atom stereocenters. The van der Waals surface area contributed by atoms with E-state index in [0.29, 0.717) is 71.4 Å². The van der Waals surface area contributed by atoms with Gasteiger partial charge in [0, 0.05) is 65.2 Å². The number of aromatic nitrogens is 3. The summed E-state index contributed by atoms with van der Waals surface area (Å²) in [5, 5.41) is 6.57. The van der Waals surface area contributed by atoms with E-state index in [9.17, 15) is 26.4 Å². The molecule has 0 spiro atoms. The molecule has 0 radical (unpaired) electrons. The molecule has 0 bridgehead atoms. The van der Waals surface area contributed by atoms with Crippen molar-refractivity contribution in [3.05, 3.63) is 74.8 Å². The van der Waals surface area contributed by atoms with Crippen molar-refractivity contribution in [3.63, 3.8) is 0 Å². The number of benzene rings is 1. The maximum atomic E-state index is 14.1.